The Labute approximate surface area is 142 Å². The van der Waals surface area contributed by atoms with Gasteiger partial charge >= 0.3 is 0 Å². The van der Waals surface area contributed by atoms with Crippen molar-refractivity contribution in [1.82, 2.24) is 4.72 Å². The maximum Gasteiger partial charge on any atom is 0.240 e. The number of nitrogens with two attached hydrogens (primary N) is 1. The van der Waals surface area contributed by atoms with Crippen molar-refractivity contribution in [2.45, 2.75) is 23.8 Å². The standard InChI is InChI=1S/C14H21N3O4S.ClH/c1-16-22(19,20)12-3-4-13-10(7-12)5-6-17(13)14(18)8-11(9-15)21-2;/h3-4,7,11,16H,5-6,8-9,15H2,1-2H3;1H. The molecule has 7 nitrogen and oxygen atoms in total. The largest absolute Gasteiger partial charge is 0.380 e. The molecule has 1 amide bonds. The zero-order valence-electron chi connectivity index (χ0n) is 13.1. The highest BCUT2D eigenvalue weighted by molar-refractivity contribution is 7.89. The van der Waals surface area contributed by atoms with Gasteiger partial charge in [0.2, 0.25) is 15.9 Å². The number of methoxy groups -OCH3 is 1. The van der Waals surface area contributed by atoms with Crippen LogP contribution in [0.3, 0.4) is 0 Å². The summed E-state index contributed by atoms with van der Waals surface area (Å²) in [6, 6.07) is 4.80. The number of carbonyl (C=O) groups is 1. The number of halogens is 1. The highest BCUT2D eigenvalue weighted by atomic mass is 35.5. The normalized spacial score (nSPS) is 15.0. The molecule has 0 saturated carbocycles. The molecule has 2 rings (SSSR count). The van der Waals surface area contributed by atoms with Crippen LogP contribution in [0.25, 0.3) is 0 Å². The number of rotatable bonds is 6. The molecule has 1 aliphatic rings. The molecule has 0 saturated heterocycles. The van der Waals surface area contributed by atoms with Crippen molar-refractivity contribution >= 4 is 34.0 Å². The van der Waals surface area contributed by atoms with E-state index in [-0.39, 0.29) is 42.3 Å². The zero-order valence-corrected chi connectivity index (χ0v) is 14.7. The molecule has 0 spiro atoms. The number of ether oxygens (including phenoxy) is 1. The van der Waals surface area contributed by atoms with Gasteiger partial charge in [-0.05, 0) is 37.2 Å². The number of fused-ring (bicyclic) bond motifs is 1. The summed E-state index contributed by atoms with van der Waals surface area (Å²) in [5.41, 5.74) is 7.15. The molecule has 1 aromatic rings. The van der Waals surface area contributed by atoms with Crippen molar-refractivity contribution in [3.63, 3.8) is 0 Å². The molecule has 1 heterocycles. The van der Waals surface area contributed by atoms with E-state index in [2.05, 4.69) is 4.72 Å². The predicted molar refractivity (Wildman–Crippen MR) is 90.5 cm³/mol. The first-order chi connectivity index (χ1) is 10.4. The van der Waals surface area contributed by atoms with Gasteiger partial charge in [0.25, 0.3) is 0 Å². The molecule has 3 N–H and O–H groups in total. The first-order valence-corrected chi connectivity index (χ1v) is 8.51. The summed E-state index contributed by atoms with van der Waals surface area (Å²) in [6.45, 7) is 0.820. The molecule has 0 radical (unpaired) electrons. The van der Waals surface area contributed by atoms with Crippen molar-refractivity contribution in [3.8, 4) is 0 Å². The van der Waals surface area contributed by atoms with Gasteiger partial charge in [-0.25, -0.2) is 13.1 Å². The highest BCUT2D eigenvalue weighted by Crippen LogP contribution is 2.30. The summed E-state index contributed by atoms with van der Waals surface area (Å²) in [4.78, 5) is 14.2. The van der Waals surface area contributed by atoms with Gasteiger partial charge in [-0.1, -0.05) is 0 Å². The third kappa shape index (κ3) is 4.21. The topological polar surface area (TPSA) is 102 Å². The van der Waals surface area contributed by atoms with E-state index in [1.165, 1.54) is 20.2 Å². The van der Waals surface area contributed by atoms with E-state index < -0.39 is 10.0 Å². The number of carbonyl (C=O) groups excluding carboxylic acids is 1. The zero-order chi connectivity index (χ0) is 16.3. The number of amides is 1. The Bertz CT molecular complexity index is 662. The lowest BCUT2D eigenvalue weighted by atomic mass is 10.1. The number of nitrogens with one attached hydrogen (secondary N) is 1. The average molecular weight is 364 g/mol. The summed E-state index contributed by atoms with van der Waals surface area (Å²) >= 11 is 0. The van der Waals surface area contributed by atoms with Crippen LogP contribution in [-0.2, 0) is 26.0 Å². The highest BCUT2D eigenvalue weighted by Gasteiger charge is 2.27. The summed E-state index contributed by atoms with van der Waals surface area (Å²) < 4.78 is 31.1. The van der Waals surface area contributed by atoms with Gasteiger partial charge in [-0.3, -0.25) is 4.79 Å². The third-order valence-corrected chi connectivity index (χ3v) is 5.24. The van der Waals surface area contributed by atoms with Crippen molar-refractivity contribution < 1.29 is 17.9 Å². The number of hydrogen-bond donors (Lipinski definition) is 2. The molecule has 0 aliphatic carbocycles. The average Bonchev–Trinajstić information content (AvgIpc) is 2.95. The van der Waals surface area contributed by atoms with Crippen LogP contribution < -0.4 is 15.4 Å². The van der Waals surface area contributed by atoms with E-state index in [1.54, 1.807) is 17.0 Å². The summed E-state index contributed by atoms with van der Waals surface area (Å²) in [5.74, 6) is -0.0692. The SMILES string of the molecule is CNS(=O)(=O)c1ccc2c(c1)CCN2C(=O)CC(CN)OC.Cl. The van der Waals surface area contributed by atoms with Crippen LogP contribution in [0, 0.1) is 0 Å². The van der Waals surface area contributed by atoms with Crippen LogP contribution >= 0.6 is 12.4 Å². The van der Waals surface area contributed by atoms with Crippen LogP contribution in [0.15, 0.2) is 23.1 Å². The van der Waals surface area contributed by atoms with Crippen molar-refractivity contribution in [2.75, 3.05) is 32.1 Å². The second kappa shape index (κ2) is 8.07. The van der Waals surface area contributed by atoms with Crippen LogP contribution in [0.2, 0.25) is 0 Å². The second-order valence-electron chi connectivity index (χ2n) is 5.09. The van der Waals surface area contributed by atoms with Gasteiger partial charge in [0, 0.05) is 25.9 Å². The summed E-state index contributed by atoms with van der Waals surface area (Å²) in [5, 5.41) is 0. The molecule has 9 heteroatoms. The second-order valence-corrected chi connectivity index (χ2v) is 6.98. The first kappa shape index (κ1) is 19.9. The van der Waals surface area contributed by atoms with Crippen molar-refractivity contribution in [3.05, 3.63) is 23.8 Å². The molecule has 130 valence electrons. The molecular weight excluding hydrogens is 342 g/mol. The lowest BCUT2D eigenvalue weighted by Gasteiger charge is -2.20. The fourth-order valence-corrected chi connectivity index (χ4v) is 3.27. The molecule has 1 unspecified atom stereocenters. The van der Waals surface area contributed by atoms with Gasteiger partial charge < -0.3 is 15.4 Å². The molecule has 1 aliphatic heterocycles. The molecule has 1 aromatic carbocycles. The molecule has 0 fully saturated rings. The molecular formula is C14H22ClN3O4S. The summed E-state index contributed by atoms with van der Waals surface area (Å²) in [7, 11) is -0.578. The molecule has 0 aromatic heterocycles. The Morgan fingerprint density at radius 3 is 2.74 bits per heavy atom. The monoisotopic (exact) mass is 363 g/mol. The maximum absolute atomic E-state index is 12.3. The Balaban J connectivity index is 0.00000264. The Kier molecular flexibility index (Phi) is 6.97. The first-order valence-electron chi connectivity index (χ1n) is 7.02. The lowest BCUT2D eigenvalue weighted by Crippen LogP contribution is -2.35. The van der Waals surface area contributed by atoms with Crippen molar-refractivity contribution in [2.24, 2.45) is 5.73 Å². The van der Waals surface area contributed by atoms with Gasteiger partial charge in [-0.2, -0.15) is 0 Å². The van der Waals surface area contributed by atoms with E-state index in [1.807, 2.05) is 0 Å². The van der Waals surface area contributed by atoms with Gasteiger partial charge in [-0.15, -0.1) is 12.4 Å². The minimum atomic E-state index is -3.47. The summed E-state index contributed by atoms with van der Waals surface area (Å²) in [6.07, 6.45) is 0.540. The Morgan fingerprint density at radius 1 is 1.48 bits per heavy atom. The van der Waals surface area contributed by atoms with Gasteiger partial charge in [0.05, 0.1) is 17.4 Å². The Hall–Kier alpha value is -1.19. The van der Waals surface area contributed by atoms with Crippen LogP contribution in [0.5, 0.6) is 0 Å². The fourth-order valence-electron chi connectivity index (χ4n) is 2.49. The van der Waals surface area contributed by atoms with Gasteiger partial charge in [0.15, 0.2) is 0 Å². The predicted octanol–water partition coefficient (Wildman–Crippen LogP) is 0.269. The van der Waals surface area contributed by atoms with E-state index in [9.17, 15) is 13.2 Å². The molecule has 23 heavy (non-hydrogen) atoms. The smallest absolute Gasteiger partial charge is 0.240 e. The van der Waals surface area contributed by atoms with Crippen LogP contribution in [0.4, 0.5) is 5.69 Å². The quantitative estimate of drug-likeness (QED) is 0.755. The number of benzene rings is 1. The Morgan fingerprint density at radius 2 is 2.17 bits per heavy atom. The lowest BCUT2D eigenvalue weighted by molar-refractivity contribution is -0.120. The number of sulfonamides is 1. The van der Waals surface area contributed by atoms with Gasteiger partial charge in [0.1, 0.15) is 0 Å². The maximum atomic E-state index is 12.3. The third-order valence-electron chi connectivity index (χ3n) is 3.83. The van der Waals surface area contributed by atoms with Crippen molar-refractivity contribution in [1.29, 1.82) is 0 Å². The van der Waals surface area contributed by atoms with E-state index in [4.69, 9.17) is 10.5 Å². The minimum absolute atomic E-state index is 0. The van der Waals surface area contributed by atoms with E-state index in [0.29, 0.717) is 13.0 Å². The fraction of sp³-hybridized carbons (Fsp3) is 0.500. The van der Waals surface area contributed by atoms with E-state index in [0.717, 1.165) is 11.3 Å². The number of nitrogens with zero attached hydrogens (tertiary/aromatic N) is 1. The number of anilines is 1. The minimum Gasteiger partial charge on any atom is -0.380 e. The van der Waals surface area contributed by atoms with E-state index >= 15 is 0 Å². The molecule has 1 atom stereocenters. The number of hydrogen-bond acceptors (Lipinski definition) is 5. The molecule has 0 bridgehead atoms. The van der Waals surface area contributed by atoms with Crippen LogP contribution in [-0.4, -0.2) is 47.7 Å². The van der Waals surface area contributed by atoms with Crippen LogP contribution in [0.1, 0.15) is 12.0 Å².